The number of carbonyl (C=O) groups excluding carboxylic acids is 2. The van der Waals surface area contributed by atoms with E-state index in [-0.39, 0.29) is 29.3 Å². The molecule has 0 aliphatic carbocycles. The van der Waals surface area contributed by atoms with Crippen LogP contribution in [0, 0.1) is 5.92 Å². The van der Waals surface area contributed by atoms with Crippen LogP contribution < -0.4 is 10.6 Å². The molecule has 1 aromatic rings. The summed E-state index contributed by atoms with van der Waals surface area (Å²) < 4.78 is 5.06. The average molecular weight is 319 g/mol. The van der Waals surface area contributed by atoms with Crippen LogP contribution in [0.4, 0.5) is 0 Å². The fraction of sp³-hybridized carbons (Fsp3) is 0.400. The summed E-state index contributed by atoms with van der Waals surface area (Å²) in [4.78, 5) is 28.9. The van der Waals surface area contributed by atoms with Gasteiger partial charge in [-0.05, 0) is 37.1 Å². The summed E-state index contributed by atoms with van der Waals surface area (Å²) >= 11 is 1.37. The molecule has 2 N–H and O–H groups in total. The van der Waals surface area contributed by atoms with Gasteiger partial charge < -0.3 is 10.1 Å². The number of esters is 1. The molecule has 116 valence electrons. The van der Waals surface area contributed by atoms with Crippen molar-refractivity contribution in [1.29, 1.82) is 0 Å². The second-order valence-electron chi connectivity index (χ2n) is 5.14. The maximum atomic E-state index is 12.4. The van der Waals surface area contributed by atoms with E-state index in [0.29, 0.717) is 11.5 Å². The monoisotopic (exact) mass is 319 g/mol. The number of carbonyl (C=O) groups is 2. The van der Waals surface area contributed by atoms with Crippen LogP contribution in [0.1, 0.15) is 25.6 Å². The molecule has 3 unspecified atom stereocenters. The van der Waals surface area contributed by atoms with Gasteiger partial charge in [0.25, 0.3) is 0 Å². The van der Waals surface area contributed by atoms with Crippen LogP contribution in [-0.2, 0) is 14.3 Å². The zero-order valence-corrected chi connectivity index (χ0v) is 13.1. The highest BCUT2D eigenvalue weighted by Gasteiger charge is 2.45. The maximum Gasteiger partial charge on any atom is 0.344 e. The molecule has 0 spiro atoms. The molecule has 3 rings (SSSR count). The molecule has 1 aromatic heterocycles. The summed E-state index contributed by atoms with van der Waals surface area (Å²) in [5, 5.41) is 6.16. The SMILES string of the molecule is CCOC(=O)C1=C(C)C2C(=O)NC(c3ccncc3)NC2S1. The number of ether oxygens (including phenoxy) is 1. The van der Waals surface area contributed by atoms with Crippen molar-refractivity contribution in [3.63, 3.8) is 0 Å². The van der Waals surface area contributed by atoms with Gasteiger partial charge in [-0.2, -0.15) is 0 Å². The van der Waals surface area contributed by atoms with Crippen molar-refractivity contribution in [2.45, 2.75) is 25.4 Å². The van der Waals surface area contributed by atoms with E-state index in [1.54, 1.807) is 19.3 Å². The summed E-state index contributed by atoms with van der Waals surface area (Å²) in [5.74, 6) is -0.771. The predicted octanol–water partition coefficient (Wildman–Crippen LogP) is 1.33. The molecule has 3 atom stereocenters. The molecule has 1 amide bonds. The van der Waals surface area contributed by atoms with Gasteiger partial charge in [-0.3, -0.25) is 15.1 Å². The highest BCUT2D eigenvalue weighted by atomic mass is 32.2. The first-order valence-corrected chi connectivity index (χ1v) is 8.00. The van der Waals surface area contributed by atoms with E-state index >= 15 is 0 Å². The summed E-state index contributed by atoms with van der Waals surface area (Å²) in [6.45, 7) is 3.91. The minimum absolute atomic E-state index is 0.0742. The van der Waals surface area contributed by atoms with Gasteiger partial charge in [0.1, 0.15) is 6.17 Å². The molecular formula is C15H17N3O3S. The summed E-state index contributed by atoms with van der Waals surface area (Å²) in [6, 6.07) is 3.70. The maximum absolute atomic E-state index is 12.4. The first-order valence-electron chi connectivity index (χ1n) is 7.12. The zero-order chi connectivity index (χ0) is 15.7. The van der Waals surface area contributed by atoms with Crippen molar-refractivity contribution >= 4 is 23.6 Å². The first kappa shape index (κ1) is 15.1. The second-order valence-corrected chi connectivity index (χ2v) is 6.29. The molecule has 0 radical (unpaired) electrons. The molecule has 2 aliphatic heterocycles. The van der Waals surface area contributed by atoms with Crippen LogP contribution >= 0.6 is 11.8 Å². The third kappa shape index (κ3) is 2.62. The van der Waals surface area contributed by atoms with Crippen molar-refractivity contribution in [2.24, 2.45) is 5.92 Å². The lowest BCUT2D eigenvalue weighted by atomic mass is 9.96. The number of nitrogens with zero attached hydrogens (tertiary/aromatic N) is 1. The van der Waals surface area contributed by atoms with Gasteiger partial charge in [0.05, 0.1) is 22.8 Å². The number of fused-ring (bicyclic) bond motifs is 1. The van der Waals surface area contributed by atoms with Crippen molar-refractivity contribution < 1.29 is 14.3 Å². The lowest BCUT2D eigenvalue weighted by molar-refractivity contribution is -0.137. The highest BCUT2D eigenvalue weighted by Crippen LogP contribution is 2.44. The van der Waals surface area contributed by atoms with E-state index in [1.807, 2.05) is 19.1 Å². The highest BCUT2D eigenvalue weighted by molar-refractivity contribution is 8.04. The Morgan fingerprint density at radius 3 is 2.82 bits per heavy atom. The lowest BCUT2D eigenvalue weighted by Gasteiger charge is -2.34. The molecule has 6 nitrogen and oxygen atoms in total. The Balaban J connectivity index is 1.80. The van der Waals surface area contributed by atoms with Crippen LogP contribution in [0.2, 0.25) is 0 Å². The second kappa shape index (κ2) is 6.10. The summed E-state index contributed by atoms with van der Waals surface area (Å²) in [7, 11) is 0. The van der Waals surface area contributed by atoms with Crippen LogP contribution in [0.5, 0.6) is 0 Å². The van der Waals surface area contributed by atoms with Crippen LogP contribution in [0.3, 0.4) is 0 Å². The Labute approximate surface area is 132 Å². The number of aromatic nitrogens is 1. The minimum atomic E-state index is -0.352. The minimum Gasteiger partial charge on any atom is -0.462 e. The largest absolute Gasteiger partial charge is 0.462 e. The van der Waals surface area contributed by atoms with E-state index in [9.17, 15) is 9.59 Å². The smallest absolute Gasteiger partial charge is 0.344 e. The third-order valence-electron chi connectivity index (χ3n) is 3.77. The molecular weight excluding hydrogens is 302 g/mol. The van der Waals surface area contributed by atoms with E-state index in [1.165, 1.54) is 11.8 Å². The molecule has 22 heavy (non-hydrogen) atoms. The molecule has 1 fully saturated rings. The molecule has 2 aliphatic rings. The van der Waals surface area contributed by atoms with Crippen molar-refractivity contribution in [2.75, 3.05) is 6.61 Å². The number of amides is 1. The zero-order valence-electron chi connectivity index (χ0n) is 12.3. The Morgan fingerprint density at radius 1 is 1.41 bits per heavy atom. The van der Waals surface area contributed by atoms with E-state index < -0.39 is 0 Å². The summed E-state index contributed by atoms with van der Waals surface area (Å²) in [6.07, 6.45) is 3.09. The van der Waals surface area contributed by atoms with Crippen molar-refractivity contribution in [1.82, 2.24) is 15.6 Å². The number of nitrogens with one attached hydrogen (secondary N) is 2. The predicted molar refractivity (Wildman–Crippen MR) is 82.5 cm³/mol. The molecule has 7 heteroatoms. The average Bonchev–Trinajstić information content (AvgIpc) is 2.86. The molecule has 0 bridgehead atoms. The number of pyridine rings is 1. The van der Waals surface area contributed by atoms with Crippen LogP contribution in [0.25, 0.3) is 0 Å². The Kier molecular flexibility index (Phi) is 4.17. The van der Waals surface area contributed by atoms with Gasteiger partial charge in [-0.25, -0.2) is 4.79 Å². The van der Waals surface area contributed by atoms with Crippen molar-refractivity contribution in [3.8, 4) is 0 Å². The number of hydrogen-bond acceptors (Lipinski definition) is 6. The fourth-order valence-corrected chi connectivity index (χ4v) is 4.09. The van der Waals surface area contributed by atoms with Crippen LogP contribution in [0.15, 0.2) is 35.0 Å². The molecule has 3 heterocycles. The Morgan fingerprint density at radius 2 is 2.14 bits per heavy atom. The lowest BCUT2D eigenvalue weighted by Crippen LogP contribution is -2.54. The van der Waals surface area contributed by atoms with Gasteiger partial charge in [0, 0.05) is 12.4 Å². The number of thioether (sulfide) groups is 1. The van der Waals surface area contributed by atoms with Crippen LogP contribution in [-0.4, -0.2) is 28.8 Å². The molecule has 0 aromatic carbocycles. The molecule has 1 saturated heterocycles. The number of hydrogen-bond donors (Lipinski definition) is 2. The standard InChI is InChI=1S/C15H17N3O3S/c1-3-21-15(20)11-8(2)10-13(19)17-12(18-14(10)22-11)9-4-6-16-7-5-9/h4-7,10,12,14,18H,3H2,1-2H3,(H,17,19). The van der Waals surface area contributed by atoms with Gasteiger partial charge >= 0.3 is 5.97 Å². The van der Waals surface area contributed by atoms with Gasteiger partial charge in [-0.15, -0.1) is 0 Å². The van der Waals surface area contributed by atoms with Gasteiger partial charge in [0.15, 0.2) is 0 Å². The fourth-order valence-electron chi connectivity index (χ4n) is 2.70. The first-order chi connectivity index (χ1) is 10.6. The van der Waals surface area contributed by atoms with Gasteiger partial charge in [0.2, 0.25) is 5.91 Å². The topological polar surface area (TPSA) is 80.3 Å². The molecule has 0 saturated carbocycles. The Hall–Kier alpha value is -1.86. The number of rotatable bonds is 3. The van der Waals surface area contributed by atoms with E-state index in [4.69, 9.17) is 4.74 Å². The summed E-state index contributed by atoms with van der Waals surface area (Å²) in [5.41, 5.74) is 1.70. The van der Waals surface area contributed by atoms with Crippen molar-refractivity contribution in [3.05, 3.63) is 40.6 Å². The van der Waals surface area contributed by atoms with E-state index in [2.05, 4.69) is 15.6 Å². The Bertz CT molecular complexity index is 632. The van der Waals surface area contributed by atoms with E-state index in [0.717, 1.165) is 11.1 Å². The quantitative estimate of drug-likeness (QED) is 0.818. The third-order valence-corrected chi connectivity index (χ3v) is 5.16. The normalized spacial score (nSPS) is 27.4. The van der Waals surface area contributed by atoms with Gasteiger partial charge in [-0.1, -0.05) is 11.8 Å².